The van der Waals surface area contributed by atoms with E-state index in [4.69, 9.17) is 4.74 Å². The van der Waals surface area contributed by atoms with Crippen LogP contribution in [0.2, 0.25) is 0 Å². The lowest BCUT2D eigenvalue weighted by molar-refractivity contribution is 0.0899. The highest BCUT2D eigenvalue weighted by Gasteiger charge is 2.25. The average molecular weight is 394 g/mol. The number of aromatic nitrogens is 4. The van der Waals surface area contributed by atoms with Crippen molar-refractivity contribution in [2.75, 3.05) is 7.05 Å². The van der Waals surface area contributed by atoms with Crippen molar-refractivity contribution in [3.63, 3.8) is 0 Å². The number of rotatable bonds is 4. The van der Waals surface area contributed by atoms with Crippen LogP contribution in [0.3, 0.4) is 0 Å². The second-order valence-electron chi connectivity index (χ2n) is 5.97. The van der Waals surface area contributed by atoms with Gasteiger partial charge in [0.1, 0.15) is 18.0 Å². The first-order valence-corrected chi connectivity index (χ1v) is 8.75. The van der Waals surface area contributed by atoms with Crippen molar-refractivity contribution in [1.29, 1.82) is 0 Å². The zero-order chi connectivity index (χ0) is 17.1. The topological polar surface area (TPSA) is 73.1 Å². The molecule has 0 N–H and O–H groups in total. The molecule has 2 aromatic rings. The Labute approximate surface area is 149 Å². The summed E-state index contributed by atoms with van der Waals surface area (Å²) in [4.78, 5) is 18.3. The summed E-state index contributed by atoms with van der Waals surface area (Å²) in [5.74, 6) is 0. The summed E-state index contributed by atoms with van der Waals surface area (Å²) in [7, 11) is 3.58. The van der Waals surface area contributed by atoms with Crippen LogP contribution < -0.4 is 0 Å². The fourth-order valence-corrected chi connectivity index (χ4v) is 3.16. The quantitative estimate of drug-likeness (QED) is 0.797. The number of hydrogen-bond donors (Lipinski definition) is 0. The molecule has 3 rings (SSSR count). The van der Waals surface area contributed by atoms with Gasteiger partial charge < -0.3 is 9.64 Å². The first kappa shape index (κ1) is 16.9. The zero-order valence-electron chi connectivity index (χ0n) is 13.8. The number of carbonyl (C=O) groups is 1. The number of carbonyl (C=O) groups excluding carboxylic acids is 1. The summed E-state index contributed by atoms with van der Waals surface area (Å²) >= 11 is 3.36. The first-order chi connectivity index (χ1) is 11.6. The van der Waals surface area contributed by atoms with Crippen molar-refractivity contribution >= 4 is 22.0 Å². The van der Waals surface area contributed by atoms with Crippen LogP contribution in [0.25, 0.3) is 11.4 Å². The molecule has 8 heteroatoms. The third-order valence-corrected chi connectivity index (χ3v) is 4.87. The van der Waals surface area contributed by atoms with Crippen LogP contribution in [0.4, 0.5) is 4.79 Å². The molecule has 2 heterocycles. The molecule has 24 heavy (non-hydrogen) atoms. The second-order valence-corrected chi connectivity index (χ2v) is 6.89. The number of halogens is 1. The average Bonchev–Trinajstić information content (AvgIpc) is 3.23. The minimum absolute atomic E-state index is 0.118. The van der Waals surface area contributed by atoms with E-state index < -0.39 is 0 Å². The van der Waals surface area contributed by atoms with Crippen LogP contribution in [0.5, 0.6) is 0 Å². The third kappa shape index (κ3) is 3.58. The summed E-state index contributed by atoms with van der Waals surface area (Å²) < 4.78 is 7.98. The van der Waals surface area contributed by atoms with Gasteiger partial charge >= 0.3 is 6.09 Å². The molecular formula is C16H20BrN5O2. The van der Waals surface area contributed by atoms with Gasteiger partial charge in [-0.25, -0.2) is 9.48 Å². The molecule has 1 fully saturated rings. The Kier molecular flexibility index (Phi) is 5.13. The fraction of sp³-hybridized carbons (Fsp3) is 0.500. The van der Waals surface area contributed by atoms with Crippen LogP contribution in [0, 0.1) is 0 Å². The van der Waals surface area contributed by atoms with Crippen LogP contribution in [0.1, 0.15) is 31.4 Å². The minimum atomic E-state index is -0.308. The molecule has 0 radical (unpaired) electrons. The Morgan fingerprint density at radius 3 is 2.83 bits per heavy atom. The van der Waals surface area contributed by atoms with E-state index in [9.17, 15) is 4.79 Å². The van der Waals surface area contributed by atoms with Crippen molar-refractivity contribution in [2.45, 2.75) is 38.3 Å². The molecule has 0 spiro atoms. The number of ether oxygens (including phenoxy) is 1. The Bertz CT molecular complexity index is 710. The zero-order valence-corrected chi connectivity index (χ0v) is 15.4. The molecular weight excluding hydrogens is 374 g/mol. The van der Waals surface area contributed by atoms with Crippen molar-refractivity contribution < 1.29 is 9.53 Å². The molecule has 0 saturated heterocycles. The molecule has 128 valence electrons. The number of hydrogen-bond acceptors (Lipinski definition) is 5. The lowest BCUT2D eigenvalue weighted by Gasteiger charge is -2.23. The molecule has 0 aromatic carbocycles. The van der Waals surface area contributed by atoms with Gasteiger partial charge in [-0.3, -0.25) is 4.98 Å². The molecule has 0 bridgehead atoms. The number of pyridine rings is 1. The van der Waals surface area contributed by atoms with Crippen molar-refractivity contribution in [3.8, 4) is 11.4 Å². The maximum Gasteiger partial charge on any atom is 0.410 e. The number of amides is 1. The van der Waals surface area contributed by atoms with Crippen LogP contribution in [0.15, 0.2) is 22.8 Å². The fourth-order valence-electron chi connectivity index (χ4n) is 2.93. The third-order valence-electron chi connectivity index (χ3n) is 4.41. The van der Waals surface area contributed by atoms with E-state index in [-0.39, 0.29) is 18.7 Å². The van der Waals surface area contributed by atoms with E-state index in [1.165, 1.54) is 12.8 Å². The summed E-state index contributed by atoms with van der Waals surface area (Å²) in [5.41, 5.74) is 2.04. The van der Waals surface area contributed by atoms with Gasteiger partial charge in [0.05, 0.1) is 5.69 Å². The molecule has 1 aliphatic rings. The highest BCUT2D eigenvalue weighted by atomic mass is 79.9. The largest absolute Gasteiger partial charge is 0.443 e. The highest BCUT2D eigenvalue weighted by molar-refractivity contribution is 9.10. The highest BCUT2D eigenvalue weighted by Crippen LogP contribution is 2.24. The van der Waals surface area contributed by atoms with Crippen molar-refractivity contribution in [2.24, 2.45) is 7.05 Å². The van der Waals surface area contributed by atoms with Gasteiger partial charge in [-0.1, -0.05) is 18.1 Å². The Hall–Kier alpha value is -1.96. The molecule has 0 aliphatic heterocycles. The van der Waals surface area contributed by atoms with Crippen molar-refractivity contribution in [3.05, 3.63) is 28.5 Å². The molecule has 0 unspecified atom stereocenters. The Morgan fingerprint density at radius 1 is 1.42 bits per heavy atom. The van der Waals surface area contributed by atoms with E-state index in [0.29, 0.717) is 11.4 Å². The number of aryl methyl sites for hydroxylation is 1. The van der Waals surface area contributed by atoms with E-state index in [1.54, 1.807) is 29.9 Å². The second kappa shape index (κ2) is 7.29. The predicted octanol–water partition coefficient (Wildman–Crippen LogP) is 3.15. The maximum atomic E-state index is 12.3. The summed E-state index contributed by atoms with van der Waals surface area (Å²) in [6, 6.07) is 4.03. The normalized spacial score (nSPS) is 14.8. The molecule has 1 saturated carbocycles. The predicted molar refractivity (Wildman–Crippen MR) is 92.1 cm³/mol. The van der Waals surface area contributed by atoms with E-state index in [2.05, 4.69) is 31.2 Å². The van der Waals surface area contributed by atoms with Gasteiger partial charge in [0, 0.05) is 30.8 Å². The Morgan fingerprint density at radius 2 is 2.17 bits per heavy atom. The van der Waals surface area contributed by atoms with Gasteiger partial charge in [-0.15, -0.1) is 5.10 Å². The summed E-state index contributed by atoms with van der Waals surface area (Å²) in [6.07, 6.45) is 5.84. The van der Waals surface area contributed by atoms with Crippen LogP contribution >= 0.6 is 15.9 Å². The molecule has 7 nitrogen and oxygen atoms in total. The van der Waals surface area contributed by atoms with Gasteiger partial charge in [0.15, 0.2) is 0 Å². The smallest absolute Gasteiger partial charge is 0.410 e. The lowest BCUT2D eigenvalue weighted by atomic mass is 10.2. The van der Waals surface area contributed by atoms with Gasteiger partial charge in [-0.2, -0.15) is 0 Å². The molecule has 1 amide bonds. The SMILES string of the molecule is CN(C(=O)OCc1c(-c2ccc(Br)cn2)nnn1C)C1CCCC1. The van der Waals surface area contributed by atoms with E-state index in [0.717, 1.165) is 23.0 Å². The van der Waals surface area contributed by atoms with Gasteiger partial charge in [-0.05, 0) is 40.9 Å². The standard InChI is InChI=1S/C16H20BrN5O2/c1-21(12-5-3-4-6-12)16(23)24-10-14-15(19-20-22(14)2)13-8-7-11(17)9-18-13/h7-9,12H,3-6,10H2,1-2H3. The summed E-state index contributed by atoms with van der Waals surface area (Å²) in [5, 5.41) is 8.17. The van der Waals surface area contributed by atoms with Gasteiger partial charge in [0.2, 0.25) is 0 Å². The van der Waals surface area contributed by atoms with E-state index >= 15 is 0 Å². The monoisotopic (exact) mass is 393 g/mol. The van der Waals surface area contributed by atoms with Crippen LogP contribution in [-0.4, -0.2) is 44.1 Å². The molecule has 2 aromatic heterocycles. The first-order valence-electron chi connectivity index (χ1n) is 7.96. The Balaban J connectivity index is 1.70. The molecule has 0 atom stereocenters. The lowest BCUT2D eigenvalue weighted by Crippen LogP contribution is -2.35. The summed E-state index contributed by atoms with van der Waals surface area (Å²) in [6.45, 7) is 0.118. The molecule has 1 aliphatic carbocycles. The van der Waals surface area contributed by atoms with Crippen molar-refractivity contribution in [1.82, 2.24) is 24.9 Å². The maximum absolute atomic E-state index is 12.3. The minimum Gasteiger partial charge on any atom is -0.443 e. The van der Waals surface area contributed by atoms with Gasteiger partial charge in [0.25, 0.3) is 0 Å². The van der Waals surface area contributed by atoms with E-state index in [1.807, 2.05) is 12.1 Å². The van der Waals surface area contributed by atoms with Crippen LogP contribution in [-0.2, 0) is 18.4 Å². The number of nitrogens with zero attached hydrogens (tertiary/aromatic N) is 5.